The Morgan fingerprint density at radius 1 is 1.36 bits per heavy atom. The number of halogens is 3. The number of hydrogen-bond acceptors (Lipinski definition) is 5. The number of benzene rings is 1. The zero-order valence-electron chi connectivity index (χ0n) is 13.8. The molecule has 2 heterocycles. The molecule has 0 saturated carbocycles. The van der Waals surface area contributed by atoms with Crippen LogP contribution in [0.15, 0.2) is 28.7 Å². The van der Waals surface area contributed by atoms with Crippen LogP contribution in [0.1, 0.15) is 17.0 Å². The first kappa shape index (κ1) is 17.9. The summed E-state index contributed by atoms with van der Waals surface area (Å²) in [6, 6.07) is 4.99. The van der Waals surface area contributed by atoms with Crippen molar-refractivity contribution in [2.75, 3.05) is 26.2 Å². The van der Waals surface area contributed by atoms with E-state index in [2.05, 4.69) is 9.88 Å². The summed E-state index contributed by atoms with van der Waals surface area (Å²) < 4.78 is 49.7. The van der Waals surface area contributed by atoms with E-state index < -0.39 is 11.7 Å². The van der Waals surface area contributed by atoms with E-state index in [-0.39, 0.29) is 12.0 Å². The number of alkyl halides is 3. The van der Waals surface area contributed by atoms with Crippen molar-refractivity contribution in [3.63, 3.8) is 0 Å². The average molecular weight is 355 g/mol. The summed E-state index contributed by atoms with van der Waals surface area (Å²) in [5, 5.41) is 0. The third kappa shape index (κ3) is 4.20. The topological polar surface area (TPSA) is 64.5 Å². The molecular formula is C17H20F3N3O2. The summed E-state index contributed by atoms with van der Waals surface area (Å²) in [4.78, 5) is 6.55. The fourth-order valence-electron chi connectivity index (χ4n) is 2.81. The number of nitrogens with two attached hydrogens (primary N) is 1. The molecule has 1 atom stereocenters. The van der Waals surface area contributed by atoms with E-state index in [0.717, 1.165) is 18.7 Å². The van der Waals surface area contributed by atoms with Gasteiger partial charge in [0.05, 0.1) is 24.0 Å². The smallest absolute Gasteiger partial charge is 0.416 e. The van der Waals surface area contributed by atoms with Crippen LogP contribution in [0, 0.1) is 6.92 Å². The highest BCUT2D eigenvalue weighted by Crippen LogP contribution is 2.32. The first-order chi connectivity index (χ1) is 11.9. The van der Waals surface area contributed by atoms with E-state index in [4.69, 9.17) is 14.9 Å². The fraction of sp³-hybridized carbons (Fsp3) is 0.471. The summed E-state index contributed by atoms with van der Waals surface area (Å²) in [7, 11) is 0. The molecule has 1 saturated heterocycles. The van der Waals surface area contributed by atoms with Crippen molar-refractivity contribution in [1.82, 2.24) is 9.88 Å². The number of morpholine rings is 1. The minimum atomic E-state index is -4.40. The van der Waals surface area contributed by atoms with Crippen molar-refractivity contribution in [2.45, 2.75) is 25.7 Å². The Balaban J connectivity index is 1.79. The lowest BCUT2D eigenvalue weighted by Crippen LogP contribution is -2.45. The second kappa shape index (κ2) is 7.15. The molecule has 0 bridgehead atoms. The lowest BCUT2D eigenvalue weighted by Gasteiger charge is -2.31. The minimum Gasteiger partial charge on any atom is -0.441 e. The molecule has 0 radical (unpaired) electrons. The Bertz CT molecular complexity index is 730. The van der Waals surface area contributed by atoms with Crippen molar-refractivity contribution in [1.29, 1.82) is 0 Å². The largest absolute Gasteiger partial charge is 0.441 e. The zero-order valence-corrected chi connectivity index (χ0v) is 13.8. The molecule has 2 aromatic rings. The Morgan fingerprint density at radius 3 is 2.88 bits per heavy atom. The molecule has 3 rings (SSSR count). The van der Waals surface area contributed by atoms with Crippen LogP contribution >= 0.6 is 0 Å². The molecule has 0 spiro atoms. The maximum Gasteiger partial charge on any atom is 0.416 e. The lowest BCUT2D eigenvalue weighted by atomic mass is 10.1. The van der Waals surface area contributed by atoms with Crippen LogP contribution < -0.4 is 5.73 Å². The fourth-order valence-corrected chi connectivity index (χ4v) is 2.81. The number of hydrogen-bond donors (Lipinski definition) is 1. The predicted molar refractivity (Wildman–Crippen MR) is 85.7 cm³/mol. The Kier molecular flexibility index (Phi) is 5.12. The van der Waals surface area contributed by atoms with Gasteiger partial charge in [0, 0.05) is 31.7 Å². The van der Waals surface area contributed by atoms with Gasteiger partial charge in [-0.3, -0.25) is 4.90 Å². The van der Waals surface area contributed by atoms with Crippen molar-refractivity contribution in [3.05, 3.63) is 41.3 Å². The van der Waals surface area contributed by atoms with Gasteiger partial charge < -0.3 is 14.9 Å². The molecule has 1 fully saturated rings. The molecule has 0 unspecified atom stereocenters. The average Bonchev–Trinajstić information content (AvgIpc) is 2.95. The van der Waals surface area contributed by atoms with Crippen LogP contribution in [0.4, 0.5) is 13.2 Å². The summed E-state index contributed by atoms with van der Waals surface area (Å²) in [5.41, 5.74) is 5.94. The first-order valence-corrected chi connectivity index (χ1v) is 8.05. The second-order valence-electron chi connectivity index (χ2n) is 6.06. The zero-order chi connectivity index (χ0) is 18.0. The van der Waals surface area contributed by atoms with Gasteiger partial charge in [0.2, 0.25) is 5.89 Å². The molecule has 1 aromatic heterocycles. The van der Waals surface area contributed by atoms with E-state index >= 15 is 0 Å². The maximum atomic E-state index is 12.9. The number of nitrogens with zero attached hydrogens (tertiary/aromatic N) is 2. The molecule has 8 heteroatoms. The number of aryl methyl sites for hydroxylation is 1. The number of aromatic nitrogens is 1. The van der Waals surface area contributed by atoms with E-state index in [0.29, 0.717) is 43.3 Å². The highest BCUT2D eigenvalue weighted by molar-refractivity contribution is 5.55. The van der Waals surface area contributed by atoms with Crippen molar-refractivity contribution >= 4 is 0 Å². The monoisotopic (exact) mass is 355 g/mol. The number of rotatable bonds is 4. The van der Waals surface area contributed by atoms with E-state index in [1.807, 2.05) is 0 Å². The van der Waals surface area contributed by atoms with Gasteiger partial charge in [0.1, 0.15) is 5.76 Å². The predicted octanol–water partition coefficient (Wildman–Crippen LogP) is 2.83. The third-order valence-corrected chi connectivity index (χ3v) is 4.19. The summed E-state index contributed by atoms with van der Waals surface area (Å²) in [6.07, 6.45) is -4.41. The number of oxazole rings is 1. The van der Waals surface area contributed by atoms with E-state index in [9.17, 15) is 13.2 Å². The quantitative estimate of drug-likeness (QED) is 0.914. The van der Waals surface area contributed by atoms with Gasteiger partial charge >= 0.3 is 6.18 Å². The van der Waals surface area contributed by atoms with Gasteiger partial charge in [0.25, 0.3) is 0 Å². The molecule has 0 amide bonds. The molecule has 0 aliphatic carbocycles. The molecule has 25 heavy (non-hydrogen) atoms. The summed E-state index contributed by atoms with van der Waals surface area (Å²) in [6.45, 7) is 4.81. The minimum absolute atomic E-state index is 0.0103. The van der Waals surface area contributed by atoms with Crippen LogP contribution in [-0.4, -0.2) is 42.2 Å². The van der Waals surface area contributed by atoms with Crippen LogP contribution in [0.5, 0.6) is 0 Å². The SMILES string of the molecule is Cc1oc(-c2cccc(C(F)(F)F)c2)nc1CN1CCO[C@H](CN)C1. The lowest BCUT2D eigenvalue weighted by molar-refractivity contribution is -0.137. The van der Waals surface area contributed by atoms with E-state index in [1.54, 1.807) is 13.0 Å². The van der Waals surface area contributed by atoms with Crippen LogP contribution in [-0.2, 0) is 17.5 Å². The normalized spacial score (nSPS) is 19.3. The van der Waals surface area contributed by atoms with Gasteiger partial charge in [-0.25, -0.2) is 4.98 Å². The summed E-state index contributed by atoms with van der Waals surface area (Å²) >= 11 is 0. The molecular weight excluding hydrogens is 335 g/mol. The van der Waals surface area contributed by atoms with E-state index in [1.165, 1.54) is 6.07 Å². The third-order valence-electron chi connectivity index (χ3n) is 4.19. The van der Waals surface area contributed by atoms with Gasteiger partial charge in [0.15, 0.2) is 0 Å². The Labute approximate surface area is 143 Å². The number of ether oxygens (including phenoxy) is 1. The Morgan fingerprint density at radius 2 is 2.16 bits per heavy atom. The molecule has 2 N–H and O–H groups in total. The highest BCUT2D eigenvalue weighted by Gasteiger charge is 2.31. The molecule has 136 valence electrons. The maximum absolute atomic E-state index is 12.9. The van der Waals surface area contributed by atoms with Crippen LogP contribution in [0.2, 0.25) is 0 Å². The van der Waals surface area contributed by atoms with Crippen LogP contribution in [0.25, 0.3) is 11.5 Å². The van der Waals surface area contributed by atoms with Gasteiger partial charge in [-0.15, -0.1) is 0 Å². The van der Waals surface area contributed by atoms with Gasteiger partial charge in [-0.1, -0.05) is 6.07 Å². The van der Waals surface area contributed by atoms with Crippen LogP contribution in [0.3, 0.4) is 0 Å². The molecule has 1 aromatic carbocycles. The highest BCUT2D eigenvalue weighted by atomic mass is 19.4. The Hall–Kier alpha value is -1.90. The van der Waals surface area contributed by atoms with Gasteiger partial charge in [-0.2, -0.15) is 13.2 Å². The molecule has 1 aliphatic heterocycles. The van der Waals surface area contributed by atoms with Crippen molar-refractivity contribution in [2.24, 2.45) is 5.73 Å². The standard InChI is InChI=1S/C17H20F3N3O2/c1-11-15(10-23-5-6-24-14(8-21)9-23)22-16(25-11)12-3-2-4-13(7-12)17(18,19)20/h2-4,7,14H,5-6,8-10,21H2,1H3/t14-/m1/s1. The molecule has 5 nitrogen and oxygen atoms in total. The van der Waals surface area contributed by atoms with Crippen molar-refractivity contribution in [3.8, 4) is 11.5 Å². The van der Waals surface area contributed by atoms with Crippen molar-refractivity contribution < 1.29 is 22.3 Å². The summed E-state index contributed by atoms with van der Waals surface area (Å²) in [5.74, 6) is 0.797. The van der Waals surface area contributed by atoms with Gasteiger partial charge in [-0.05, 0) is 25.1 Å². The molecule has 1 aliphatic rings. The first-order valence-electron chi connectivity index (χ1n) is 8.05. The second-order valence-corrected chi connectivity index (χ2v) is 6.06.